The van der Waals surface area contributed by atoms with Gasteiger partial charge < -0.3 is 14.8 Å². The Kier molecular flexibility index (Phi) is 4.05. The van der Waals surface area contributed by atoms with Gasteiger partial charge in [0.15, 0.2) is 10.8 Å². The van der Waals surface area contributed by atoms with E-state index in [9.17, 15) is 4.79 Å². The summed E-state index contributed by atoms with van der Waals surface area (Å²) >= 11 is 1.41. The zero-order valence-electron chi connectivity index (χ0n) is 12.9. The van der Waals surface area contributed by atoms with Crippen LogP contribution in [0.4, 0.5) is 0 Å². The number of fused-ring (bicyclic) bond motifs is 1. The molecule has 2 heterocycles. The van der Waals surface area contributed by atoms with Crippen molar-refractivity contribution in [3.8, 4) is 0 Å². The molecule has 1 aliphatic carbocycles. The third-order valence-corrected chi connectivity index (χ3v) is 5.54. The Hall–Kier alpha value is -1.50. The highest BCUT2D eigenvalue weighted by atomic mass is 32.1. The molecule has 1 amide bonds. The van der Waals surface area contributed by atoms with Crippen molar-refractivity contribution in [2.75, 3.05) is 13.2 Å². The van der Waals surface area contributed by atoms with Crippen LogP contribution in [0, 0.1) is 0 Å². The van der Waals surface area contributed by atoms with Crippen LogP contribution in [0.2, 0.25) is 0 Å². The summed E-state index contributed by atoms with van der Waals surface area (Å²) in [6, 6.07) is 7.78. The smallest absolute Gasteiger partial charge is 0.280 e. The van der Waals surface area contributed by atoms with Crippen LogP contribution in [0.25, 0.3) is 10.2 Å². The second-order valence-corrected chi connectivity index (χ2v) is 7.25. The first kappa shape index (κ1) is 15.1. The quantitative estimate of drug-likeness (QED) is 0.938. The Morgan fingerprint density at radius 3 is 2.96 bits per heavy atom. The molecule has 1 aliphatic heterocycles. The van der Waals surface area contributed by atoms with E-state index in [0.29, 0.717) is 18.2 Å². The van der Waals surface area contributed by atoms with Gasteiger partial charge in [-0.2, -0.15) is 0 Å². The number of hydrogen-bond donors (Lipinski definition) is 1. The third kappa shape index (κ3) is 3.11. The van der Waals surface area contributed by atoms with Gasteiger partial charge in [0.25, 0.3) is 5.91 Å². The lowest BCUT2D eigenvalue weighted by Crippen LogP contribution is -2.37. The van der Waals surface area contributed by atoms with E-state index in [4.69, 9.17) is 9.47 Å². The van der Waals surface area contributed by atoms with Crippen molar-refractivity contribution >= 4 is 27.5 Å². The van der Waals surface area contributed by atoms with E-state index in [1.165, 1.54) is 17.8 Å². The molecule has 1 atom stereocenters. The van der Waals surface area contributed by atoms with Gasteiger partial charge in [-0.25, -0.2) is 4.98 Å². The fourth-order valence-electron chi connectivity index (χ4n) is 3.32. The molecule has 23 heavy (non-hydrogen) atoms. The van der Waals surface area contributed by atoms with Crippen molar-refractivity contribution < 1.29 is 14.3 Å². The maximum atomic E-state index is 12.3. The standard InChI is InChI=1S/C17H20N2O3S/c20-15(16-19-13-6-2-3-7-14(13)23-16)18-10-12-11-21-17(22-12)8-4-1-5-9-17/h2-3,6-7,12H,1,4-5,8-11H2,(H,18,20). The lowest BCUT2D eigenvalue weighted by atomic mass is 9.94. The molecule has 1 aromatic carbocycles. The van der Waals surface area contributed by atoms with E-state index in [2.05, 4.69) is 10.3 Å². The van der Waals surface area contributed by atoms with Crippen molar-refractivity contribution in [2.45, 2.75) is 44.0 Å². The first-order valence-electron chi connectivity index (χ1n) is 8.20. The largest absolute Gasteiger partial charge is 0.347 e. The predicted molar refractivity (Wildman–Crippen MR) is 88.6 cm³/mol. The second-order valence-electron chi connectivity index (χ2n) is 6.22. The van der Waals surface area contributed by atoms with Crippen LogP contribution in [-0.2, 0) is 9.47 Å². The number of nitrogens with zero attached hydrogens (tertiary/aromatic N) is 1. The van der Waals surface area contributed by atoms with Crippen molar-refractivity contribution in [3.63, 3.8) is 0 Å². The maximum absolute atomic E-state index is 12.3. The number of carbonyl (C=O) groups is 1. The highest BCUT2D eigenvalue weighted by Gasteiger charge is 2.42. The number of amides is 1. The van der Waals surface area contributed by atoms with Crippen LogP contribution in [-0.4, -0.2) is 35.9 Å². The summed E-state index contributed by atoms with van der Waals surface area (Å²) in [6.45, 7) is 1.02. The lowest BCUT2D eigenvalue weighted by Gasteiger charge is -2.31. The Labute approximate surface area is 139 Å². The summed E-state index contributed by atoms with van der Waals surface area (Å²) in [7, 11) is 0. The minimum Gasteiger partial charge on any atom is -0.347 e. The number of benzene rings is 1. The Balaban J connectivity index is 1.35. The molecule has 1 unspecified atom stereocenters. The molecule has 6 heteroatoms. The normalized spacial score (nSPS) is 23.4. The van der Waals surface area contributed by atoms with Gasteiger partial charge in [0.1, 0.15) is 6.10 Å². The number of rotatable bonds is 3. The molecule has 0 radical (unpaired) electrons. The summed E-state index contributed by atoms with van der Waals surface area (Å²) in [6.07, 6.45) is 5.44. The van der Waals surface area contributed by atoms with Gasteiger partial charge in [-0.1, -0.05) is 18.6 Å². The minimum atomic E-state index is -0.385. The van der Waals surface area contributed by atoms with E-state index in [0.717, 1.165) is 35.9 Å². The maximum Gasteiger partial charge on any atom is 0.280 e. The third-order valence-electron chi connectivity index (χ3n) is 4.51. The van der Waals surface area contributed by atoms with Crippen LogP contribution in [0.3, 0.4) is 0 Å². The fraction of sp³-hybridized carbons (Fsp3) is 0.529. The van der Waals surface area contributed by atoms with E-state index in [-0.39, 0.29) is 17.8 Å². The predicted octanol–water partition coefficient (Wildman–Crippen LogP) is 3.10. The summed E-state index contributed by atoms with van der Waals surface area (Å²) in [5.41, 5.74) is 0.865. The van der Waals surface area contributed by atoms with Gasteiger partial charge in [-0.3, -0.25) is 4.79 Å². The number of nitrogens with one attached hydrogen (secondary N) is 1. The first-order valence-corrected chi connectivity index (χ1v) is 9.01. The number of ether oxygens (including phenoxy) is 2. The highest BCUT2D eigenvalue weighted by Crippen LogP contribution is 2.37. The van der Waals surface area contributed by atoms with Crippen molar-refractivity contribution in [1.82, 2.24) is 10.3 Å². The molecule has 1 saturated heterocycles. The molecular formula is C17H20N2O3S. The highest BCUT2D eigenvalue weighted by molar-refractivity contribution is 7.20. The zero-order chi connectivity index (χ0) is 15.7. The van der Waals surface area contributed by atoms with Crippen LogP contribution in [0.15, 0.2) is 24.3 Å². The Bertz CT molecular complexity index is 676. The second kappa shape index (κ2) is 6.19. The van der Waals surface area contributed by atoms with Crippen molar-refractivity contribution in [3.05, 3.63) is 29.3 Å². The summed E-state index contributed by atoms with van der Waals surface area (Å²) in [5.74, 6) is -0.525. The van der Waals surface area contributed by atoms with Crippen molar-refractivity contribution in [1.29, 1.82) is 0 Å². The average Bonchev–Trinajstić information content (AvgIpc) is 3.18. The number of aromatic nitrogens is 1. The van der Waals surface area contributed by atoms with Gasteiger partial charge in [0, 0.05) is 19.4 Å². The molecule has 1 saturated carbocycles. The Morgan fingerprint density at radius 2 is 2.13 bits per heavy atom. The Morgan fingerprint density at radius 1 is 1.30 bits per heavy atom. The number of thiazole rings is 1. The summed E-state index contributed by atoms with van der Waals surface area (Å²) in [5, 5.41) is 3.43. The van der Waals surface area contributed by atoms with Gasteiger partial charge in [0.05, 0.1) is 16.8 Å². The summed E-state index contributed by atoms with van der Waals surface area (Å²) < 4.78 is 13.0. The molecule has 1 N–H and O–H groups in total. The topological polar surface area (TPSA) is 60.5 Å². The van der Waals surface area contributed by atoms with E-state index in [1.54, 1.807) is 0 Å². The lowest BCUT2D eigenvalue weighted by molar-refractivity contribution is -0.186. The molecule has 2 fully saturated rings. The van der Waals surface area contributed by atoms with Crippen LogP contribution in [0.1, 0.15) is 41.9 Å². The van der Waals surface area contributed by atoms with E-state index >= 15 is 0 Å². The SMILES string of the molecule is O=C(NCC1COC2(CCCCC2)O1)c1nc2ccccc2s1. The molecular weight excluding hydrogens is 312 g/mol. The molecule has 1 aromatic heterocycles. The monoisotopic (exact) mass is 332 g/mol. The van der Waals surface area contributed by atoms with Crippen LogP contribution in [0.5, 0.6) is 0 Å². The minimum absolute atomic E-state index is 0.0635. The first-order chi connectivity index (χ1) is 11.2. The molecule has 122 valence electrons. The van der Waals surface area contributed by atoms with Gasteiger partial charge in [0.2, 0.25) is 0 Å². The van der Waals surface area contributed by atoms with E-state index in [1.807, 2.05) is 24.3 Å². The molecule has 1 spiro atoms. The van der Waals surface area contributed by atoms with Gasteiger partial charge >= 0.3 is 0 Å². The molecule has 5 nitrogen and oxygen atoms in total. The van der Waals surface area contributed by atoms with Crippen LogP contribution < -0.4 is 5.32 Å². The van der Waals surface area contributed by atoms with Crippen molar-refractivity contribution in [2.24, 2.45) is 0 Å². The zero-order valence-corrected chi connectivity index (χ0v) is 13.7. The van der Waals surface area contributed by atoms with E-state index < -0.39 is 0 Å². The van der Waals surface area contributed by atoms with Gasteiger partial charge in [-0.05, 0) is 25.0 Å². The number of hydrogen-bond acceptors (Lipinski definition) is 5. The molecule has 0 bridgehead atoms. The number of carbonyl (C=O) groups excluding carboxylic acids is 1. The molecule has 2 aromatic rings. The molecule has 2 aliphatic rings. The molecule has 4 rings (SSSR count). The van der Waals surface area contributed by atoms with Gasteiger partial charge in [-0.15, -0.1) is 11.3 Å². The summed E-state index contributed by atoms with van der Waals surface area (Å²) in [4.78, 5) is 16.7. The fourth-order valence-corrected chi connectivity index (χ4v) is 4.20. The van der Waals surface area contributed by atoms with Crippen LogP contribution >= 0.6 is 11.3 Å². The average molecular weight is 332 g/mol. The number of para-hydroxylation sites is 1.